The van der Waals surface area contributed by atoms with E-state index >= 15 is 0 Å². The molecule has 2 aliphatic rings. The summed E-state index contributed by atoms with van der Waals surface area (Å²) < 4.78 is 5.39. The van der Waals surface area contributed by atoms with Crippen molar-refractivity contribution in [3.63, 3.8) is 0 Å². The van der Waals surface area contributed by atoms with Gasteiger partial charge in [0.15, 0.2) is 0 Å². The topological polar surface area (TPSA) is 97.0 Å². The molecule has 0 spiro atoms. The number of aliphatic hydroxyl groups is 2. The molecule has 0 saturated carbocycles. The van der Waals surface area contributed by atoms with Crippen LogP contribution < -0.4 is 0 Å². The van der Waals surface area contributed by atoms with Gasteiger partial charge in [0.25, 0.3) is 5.91 Å². The predicted octanol–water partition coefficient (Wildman–Crippen LogP) is 6.23. The summed E-state index contributed by atoms with van der Waals surface area (Å²) in [6, 6.07) is 10.6. The first-order valence-corrected chi connectivity index (χ1v) is 14.5. The molecule has 2 N–H and O–H groups in total. The van der Waals surface area contributed by atoms with Crippen molar-refractivity contribution in [3.8, 4) is 6.07 Å². The maximum Gasteiger partial charge on any atom is 0.254 e. The average molecular weight is 570 g/mol. The number of allylic oxidation sites excluding steroid dienone is 9. The molecule has 1 fully saturated rings. The highest BCUT2D eigenvalue weighted by Crippen LogP contribution is 2.37. The largest absolute Gasteiger partial charge is 0.501 e. The first-order valence-electron chi connectivity index (χ1n) is 14.5. The second-order valence-corrected chi connectivity index (χ2v) is 10.6. The van der Waals surface area contributed by atoms with Crippen LogP contribution in [0, 0.1) is 11.3 Å². The number of likely N-dealkylation sites (tertiary alicyclic amines) is 1. The van der Waals surface area contributed by atoms with Gasteiger partial charge in [0, 0.05) is 30.6 Å². The van der Waals surface area contributed by atoms with Crippen LogP contribution >= 0.6 is 0 Å². The van der Waals surface area contributed by atoms with E-state index in [4.69, 9.17) is 4.74 Å². The van der Waals surface area contributed by atoms with Crippen molar-refractivity contribution in [2.45, 2.75) is 65.6 Å². The highest BCUT2D eigenvalue weighted by atomic mass is 16.5. The quantitative estimate of drug-likeness (QED) is 0.186. The van der Waals surface area contributed by atoms with Crippen LogP contribution in [0.1, 0.15) is 64.5 Å². The third-order valence-electron chi connectivity index (χ3n) is 7.53. The van der Waals surface area contributed by atoms with Crippen molar-refractivity contribution in [2.75, 3.05) is 20.2 Å². The van der Waals surface area contributed by atoms with Gasteiger partial charge < -0.3 is 24.7 Å². The number of nitriles is 1. The molecule has 1 aromatic carbocycles. The standard InChI is InChI=1S/C35H43N3O4/c1-7-9-13-31(30-15-11-10-14-29(30)28(24(3)12-8-2)17-16-26(5)42-6)32(21-36)38-19-18-27(20-25(38)4)35(41)37-22-33(39)34(40)23-37/h10-12,14-20,33-34,39-40H,4,7-9,13,22-23H2,1-3,5-6H3/b24-12-,26-16+,28-17+,32-31+. The van der Waals surface area contributed by atoms with Crippen molar-refractivity contribution >= 4 is 17.1 Å². The number of ether oxygens (including phenoxy) is 1. The molecule has 1 aromatic rings. The van der Waals surface area contributed by atoms with Gasteiger partial charge in [0.1, 0.15) is 11.8 Å². The number of methoxy groups -OCH3 is 1. The molecular weight excluding hydrogens is 526 g/mol. The third kappa shape index (κ3) is 7.58. The number of β-amino-alcohol motifs (C(OH)–C–C–N with tert-alkyl or cyclic N) is 2. The lowest BCUT2D eigenvalue weighted by molar-refractivity contribution is -0.126. The minimum Gasteiger partial charge on any atom is -0.501 e. The van der Waals surface area contributed by atoms with Crippen LogP contribution in [-0.2, 0) is 9.53 Å². The van der Waals surface area contributed by atoms with Gasteiger partial charge in [-0.05, 0) is 79.2 Å². The number of unbranched alkanes of at least 4 members (excludes halogenated alkanes) is 1. The van der Waals surface area contributed by atoms with Crippen molar-refractivity contribution in [3.05, 3.63) is 107 Å². The van der Waals surface area contributed by atoms with E-state index in [2.05, 4.69) is 57.7 Å². The van der Waals surface area contributed by atoms with Crippen LogP contribution in [0.4, 0.5) is 0 Å². The molecule has 1 amide bonds. The van der Waals surface area contributed by atoms with E-state index in [1.807, 2.05) is 25.1 Å². The fraction of sp³-hybridized carbons (Fsp3) is 0.371. The van der Waals surface area contributed by atoms with E-state index in [-0.39, 0.29) is 19.0 Å². The molecule has 2 heterocycles. The number of carbonyl (C=O) groups is 1. The van der Waals surface area contributed by atoms with Crippen molar-refractivity contribution in [1.29, 1.82) is 5.26 Å². The van der Waals surface area contributed by atoms with Crippen LogP contribution in [0.5, 0.6) is 0 Å². The van der Waals surface area contributed by atoms with E-state index in [0.29, 0.717) is 23.4 Å². The van der Waals surface area contributed by atoms with Crippen LogP contribution in [0.25, 0.3) is 11.1 Å². The molecule has 1 saturated heterocycles. The van der Waals surface area contributed by atoms with Gasteiger partial charge in [-0.1, -0.05) is 63.3 Å². The lowest BCUT2D eigenvalue weighted by Crippen LogP contribution is -2.32. The number of aliphatic hydroxyl groups excluding tert-OH is 2. The fourth-order valence-electron chi connectivity index (χ4n) is 5.12. The summed E-state index contributed by atoms with van der Waals surface area (Å²) in [7, 11) is 1.65. The number of benzene rings is 1. The minimum absolute atomic E-state index is 0.0729. The molecule has 42 heavy (non-hydrogen) atoms. The summed E-state index contributed by atoms with van der Waals surface area (Å²) in [4.78, 5) is 16.2. The molecule has 0 aromatic heterocycles. The lowest BCUT2D eigenvalue weighted by Gasteiger charge is -2.28. The number of carbonyl (C=O) groups excluding carboxylic acids is 1. The molecule has 222 valence electrons. The van der Waals surface area contributed by atoms with Crippen molar-refractivity contribution in [2.24, 2.45) is 0 Å². The molecule has 0 aliphatic carbocycles. The smallest absolute Gasteiger partial charge is 0.254 e. The second-order valence-electron chi connectivity index (χ2n) is 10.6. The van der Waals surface area contributed by atoms with Crippen LogP contribution in [-0.4, -0.2) is 58.3 Å². The summed E-state index contributed by atoms with van der Waals surface area (Å²) in [5.41, 5.74) is 6.38. The summed E-state index contributed by atoms with van der Waals surface area (Å²) in [6.07, 6.45) is 12.7. The van der Waals surface area contributed by atoms with E-state index < -0.39 is 12.2 Å². The van der Waals surface area contributed by atoms with E-state index in [1.54, 1.807) is 30.4 Å². The zero-order valence-electron chi connectivity index (χ0n) is 25.4. The van der Waals surface area contributed by atoms with Gasteiger partial charge in [-0.25, -0.2) is 0 Å². The zero-order chi connectivity index (χ0) is 30.8. The van der Waals surface area contributed by atoms with Gasteiger partial charge in [-0.15, -0.1) is 0 Å². The minimum atomic E-state index is -0.959. The SMILES string of the molecule is C=C1C=C(C(=O)N2CC(O)C(O)C2)C=CN1/C(C#N)=C(\CCCC)c1ccccc1C(=C/C=C(\C)OC)/C(C)=C\CC. The van der Waals surface area contributed by atoms with Gasteiger partial charge in [0.05, 0.1) is 25.1 Å². The fourth-order valence-corrected chi connectivity index (χ4v) is 5.12. The Bertz CT molecular complexity index is 1390. The predicted molar refractivity (Wildman–Crippen MR) is 168 cm³/mol. The zero-order valence-corrected chi connectivity index (χ0v) is 25.4. The molecule has 7 heteroatoms. The molecule has 2 aliphatic heterocycles. The first-order chi connectivity index (χ1) is 20.2. The maximum absolute atomic E-state index is 13.1. The lowest BCUT2D eigenvalue weighted by atomic mass is 9.87. The molecule has 0 bridgehead atoms. The Morgan fingerprint density at radius 2 is 1.81 bits per heavy atom. The second kappa shape index (κ2) is 15.2. The Morgan fingerprint density at radius 1 is 1.14 bits per heavy atom. The number of rotatable bonds is 11. The van der Waals surface area contributed by atoms with Gasteiger partial charge in [-0.3, -0.25) is 4.79 Å². The number of hydrogen-bond acceptors (Lipinski definition) is 6. The Labute approximate surface area is 250 Å². The van der Waals surface area contributed by atoms with Crippen molar-refractivity contribution in [1.82, 2.24) is 9.80 Å². The average Bonchev–Trinajstić information content (AvgIpc) is 3.33. The van der Waals surface area contributed by atoms with Gasteiger partial charge in [-0.2, -0.15) is 5.26 Å². The number of nitrogens with zero attached hydrogens (tertiary/aromatic N) is 3. The van der Waals surface area contributed by atoms with Crippen LogP contribution in [0.2, 0.25) is 0 Å². The highest BCUT2D eigenvalue weighted by Gasteiger charge is 2.34. The highest BCUT2D eigenvalue weighted by molar-refractivity contribution is 5.97. The van der Waals surface area contributed by atoms with Crippen molar-refractivity contribution < 1.29 is 19.7 Å². The van der Waals surface area contributed by atoms with Crippen LogP contribution in [0.3, 0.4) is 0 Å². The molecule has 3 rings (SSSR count). The van der Waals surface area contributed by atoms with Gasteiger partial charge in [0.2, 0.25) is 0 Å². The summed E-state index contributed by atoms with van der Waals surface area (Å²) in [5, 5.41) is 30.3. The Kier molecular flexibility index (Phi) is 11.7. The normalized spacial score (nSPS) is 20.4. The summed E-state index contributed by atoms with van der Waals surface area (Å²) >= 11 is 0. The Morgan fingerprint density at radius 3 is 2.38 bits per heavy atom. The molecule has 0 radical (unpaired) electrons. The Hall–Kier alpha value is -4.12. The Balaban J connectivity index is 2.11. The van der Waals surface area contributed by atoms with Crippen LogP contribution in [0.15, 0.2) is 95.7 Å². The monoisotopic (exact) mass is 569 g/mol. The summed E-state index contributed by atoms with van der Waals surface area (Å²) in [5.74, 6) is 0.493. The molecule has 7 nitrogen and oxygen atoms in total. The van der Waals surface area contributed by atoms with E-state index in [0.717, 1.165) is 52.9 Å². The maximum atomic E-state index is 13.1. The van der Waals surface area contributed by atoms with Gasteiger partial charge >= 0.3 is 0 Å². The number of hydrogen-bond donors (Lipinski definition) is 2. The molecule has 2 atom stereocenters. The third-order valence-corrected chi connectivity index (χ3v) is 7.53. The molecular formula is C35H43N3O4. The molecule has 2 unspecified atom stereocenters. The summed E-state index contributed by atoms with van der Waals surface area (Å²) in [6.45, 7) is 12.6. The van der Waals surface area contributed by atoms with E-state index in [9.17, 15) is 20.3 Å². The van der Waals surface area contributed by atoms with E-state index in [1.165, 1.54) is 4.90 Å². The first kappa shape index (κ1) is 32.4. The number of amides is 1.